The molecule has 2 amide bonds. The number of amides is 2. The molecule has 0 saturated carbocycles. The van der Waals surface area contributed by atoms with Crippen LogP contribution >= 0.6 is 11.8 Å². The van der Waals surface area contributed by atoms with E-state index in [4.69, 9.17) is 9.47 Å². The van der Waals surface area contributed by atoms with E-state index in [0.29, 0.717) is 24.3 Å². The highest BCUT2D eigenvalue weighted by molar-refractivity contribution is 8.00. The second kappa shape index (κ2) is 12.9. The predicted octanol–water partition coefficient (Wildman–Crippen LogP) is 4.18. The standard InChI is InChI=1S/C31H29N3O7S/c1-40-25-15-10-22(11-16-25)18-41-31(37)28-23(12-7-20-8-13-24(14-9-20)34(38)39)19-42-30-27(29(36)33(28)30)32-26(35)17-21-5-3-2-4-6-21/h2-6,8-11,13-16,27,30H,7,12,17-19H2,1H3,(H,32,35)/t27-,30-/m1/s1. The maximum absolute atomic E-state index is 13.5. The molecule has 3 aromatic carbocycles. The Kier molecular flexibility index (Phi) is 8.87. The Morgan fingerprint density at radius 2 is 1.67 bits per heavy atom. The quantitative estimate of drug-likeness (QED) is 0.153. The highest BCUT2D eigenvalue weighted by Crippen LogP contribution is 2.42. The van der Waals surface area contributed by atoms with Crippen LogP contribution in [0.1, 0.15) is 23.1 Å². The molecule has 5 rings (SSSR count). The van der Waals surface area contributed by atoms with Gasteiger partial charge in [-0.2, -0.15) is 0 Å². The minimum Gasteiger partial charge on any atom is -0.497 e. The van der Waals surface area contributed by atoms with Gasteiger partial charge in [-0.05, 0) is 47.2 Å². The van der Waals surface area contributed by atoms with Crippen LogP contribution in [0.25, 0.3) is 0 Å². The number of hydrogen-bond acceptors (Lipinski definition) is 8. The van der Waals surface area contributed by atoms with E-state index in [2.05, 4.69) is 5.32 Å². The maximum Gasteiger partial charge on any atom is 0.355 e. The minimum absolute atomic E-state index is 0.00311. The number of rotatable bonds is 11. The second-order valence-electron chi connectivity index (χ2n) is 9.92. The summed E-state index contributed by atoms with van der Waals surface area (Å²) in [5.41, 5.74) is 3.42. The molecule has 216 valence electrons. The molecule has 2 aliphatic heterocycles. The first-order valence-electron chi connectivity index (χ1n) is 13.4. The van der Waals surface area contributed by atoms with Crippen LogP contribution in [0.5, 0.6) is 5.75 Å². The summed E-state index contributed by atoms with van der Waals surface area (Å²) >= 11 is 1.48. The number of hydrogen-bond donors (Lipinski definition) is 1. The summed E-state index contributed by atoms with van der Waals surface area (Å²) in [6.07, 6.45) is 1.13. The van der Waals surface area contributed by atoms with Crippen molar-refractivity contribution in [3.8, 4) is 5.75 Å². The molecule has 0 spiro atoms. The van der Waals surface area contributed by atoms with Crippen LogP contribution in [0.2, 0.25) is 0 Å². The number of aryl methyl sites for hydroxylation is 1. The van der Waals surface area contributed by atoms with Gasteiger partial charge in [0.15, 0.2) is 0 Å². The Balaban J connectivity index is 1.31. The molecule has 42 heavy (non-hydrogen) atoms. The lowest BCUT2D eigenvalue weighted by molar-refractivity contribution is -0.384. The molecule has 0 bridgehead atoms. The average molecular weight is 588 g/mol. The molecule has 0 radical (unpaired) electrons. The van der Waals surface area contributed by atoms with Gasteiger partial charge >= 0.3 is 5.97 Å². The number of nitrogens with zero attached hydrogens (tertiary/aromatic N) is 2. The first-order chi connectivity index (χ1) is 20.3. The number of thioether (sulfide) groups is 1. The zero-order chi connectivity index (χ0) is 29.6. The Labute approximate surface area is 246 Å². The topological polar surface area (TPSA) is 128 Å². The summed E-state index contributed by atoms with van der Waals surface area (Å²) in [5.74, 6) is -0.0918. The molecule has 0 unspecified atom stereocenters. The molecule has 2 aliphatic rings. The Morgan fingerprint density at radius 3 is 2.33 bits per heavy atom. The van der Waals surface area contributed by atoms with E-state index < -0.39 is 22.3 Å². The van der Waals surface area contributed by atoms with Crippen LogP contribution < -0.4 is 10.1 Å². The third-order valence-corrected chi connectivity index (χ3v) is 8.50. The number of ether oxygens (including phenoxy) is 2. The molecule has 2 atom stereocenters. The highest BCUT2D eigenvalue weighted by atomic mass is 32.2. The van der Waals surface area contributed by atoms with Crippen molar-refractivity contribution in [1.82, 2.24) is 10.2 Å². The summed E-state index contributed by atoms with van der Waals surface area (Å²) in [6.45, 7) is 0.0129. The Morgan fingerprint density at radius 1 is 0.976 bits per heavy atom. The number of benzene rings is 3. The van der Waals surface area contributed by atoms with Gasteiger partial charge in [0.1, 0.15) is 29.5 Å². The van der Waals surface area contributed by atoms with Crippen molar-refractivity contribution in [2.24, 2.45) is 0 Å². The second-order valence-corrected chi connectivity index (χ2v) is 11.0. The molecule has 0 aromatic heterocycles. The van der Waals surface area contributed by atoms with Gasteiger partial charge in [0.2, 0.25) is 5.91 Å². The van der Waals surface area contributed by atoms with Gasteiger partial charge in [0.25, 0.3) is 11.6 Å². The van der Waals surface area contributed by atoms with Crippen molar-refractivity contribution in [3.63, 3.8) is 0 Å². The number of fused-ring (bicyclic) bond motifs is 1. The molecule has 2 heterocycles. The maximum atomic E-state index is 13.5. The predicted molar refractivity (Wildman–Crippen MR) is 156 cm³/mol. The van der Waals surface area contributed by atoms with Gasteiger partial charge in [-0.25, -0.2) is 4.79 Å². The van der Waals surface area contributed by atoms with E-state index in [1.807, 2.05) is 30.3 Å². The average Bonchev–Trinajstić information content (AvgIpc) is 3.01. The molecule has 3 aromatic rings. The Hall–Kier alpha value is -4.64. The van der Waals surface area contributed by atoms with Crippen LogP contribution in [-0.2, 0) is 38.6 Å². The fraction of sp³-hybridized carbons (Fsp3) is 0.258. The first-order valence-corrected chi connectivity index (χ1v) is 14.4. The van der Waals surface area contributed by atoms with E-state index >= 15 is 0 Å². The first kappa shape index (κ1) is 28.9. The monoisotopic (exact) mass is 587 g/mol. The molecule has 0 aliphatic carbocycles. The molecule has 1 N–H and O–H groups in total. The van der Waals surface area contributed by atoms with Crippen molar-refractivity contribution in [2.45, 2.75) is 37.3 Å². The lowest BCUT2D eigenvalue weighted by Crippen LogP contribution is -2.70. The zero-order valence-electron chi connectivity index (χ0n) is 22.9. The number of methoxy groups -OCH3 is 1. The minimum atomic E-state index is -0.744. The molecular formula is C31H29N3O7S. The van der Waals surface area contributed by atoms with Gasteiger partial charge in [-0.3, -0.25) is 24.6 Å². The fourth-order valence-electron chi connectivity index (χ4n) is 4.89. The van der Waals surface area contributed by atoms with Crippen molar-refractivity contribution in [2.75, 3.05) is 12.9 Å². The number of esters is 1. The van der Waals surface area contributed by atoms with Gasteiger partial charge in [-0.15, -0.1) is 11.8 Å². The zero-order valence-corrected chi connectivity index (χ0v) is 23.7. The summed E-state index contributed by atoms with van der Waals surface area (Å²) < 4.78 is 10.8. The van der Waals surface area contributed by atoms with E-state index in [-0.39, 0.29) is 36.2 Å². The van der Waals surface area contributed by atoms with Crippen molar-refractivity contribution in [1.29, 1.82) is 0 Å². The van der Waals surface area contributed by atoms with Crippen LogP contribution in [0.3, 0.4) is 0 Å². The summed E-state index contributed by atoms with van der Waals surface area (Å²) in [6, 6.07) is 21.9. The lowest BCUT2D eigenvalue weighted by atomic mass is 9.98. The van der Waals surface area contributed by atoms with E-state index in [1.165, 1.54) is 28.8 Å². The van der Waals surface area contributed by atoms with E-state index in [9.17, 15) is 24.5 Å². The van der Waals surface area contributed by atoms with Crippen molar-refractivity contribution >= 4 is 35.2 Å². The van der Waals surface area contributed by atoms with E-state index in [1.54, 1.807) is 43.5 Å². The number of nitrogens with one attached hydrogen (secondary N) is 1. The Bertz CT molecular complexity index is 1510. The SMILES string of the molecule is COc1ccc(COC(=O)C2=C(CCc3ccc([N+](=O)[O-])cc3)CS[C@@H]3[C@H](NC(=O)Cc4ccccc4)C(=O)N23)cc1. The fourth-order valence-corrected chi connectivity index (χ4v) is 6.28. The highest BCUT2D eigenvalue weighted by Gasteiger charge is 2.54. The number of nitro groups is 1. The third-order valence-electron chi connectivity index (χ3n) is 7.16. The lowest BCUT2D eigenvalue weighted by Gasteiger charge is -2.49. The third kappa shape index (κ3) is 6.46. The summed E-state index contributed by atoms with van der Waals surface area (Å²) in [7, 11) is 1.57. The van der Waals surface area contributed by atoms with Crippen molar-refractivity contribution in [3.05, 3.63) is 117 Å². The van der Waals surface area contributed by atoms with Crippen LogP contribution in [-0.4, -0.2) is 51.9 Å². The van der Waals surface area contributed by atoms with Crippen LogP contribution in [0.4, 0.5) is 5.69 Å². The molecule has 10 nitrogen and oxygen atoms in total. The van der Waals surface area contributed by atoms with Gasteiger partial charge in [0, 0.05) is 17.9 Å². The summed E-state index contributed by atoms with van der Waals surface area (Å²) in [4.78, 5) is 51.5. The largest absolute Gasteiger partial charge is 0.497 e. The smallest absolute Gasteiger partial charge is 0.355 e. The number of nitro benzene ring substituents is 1. The molecule has 11 heteroatoms. The van der Waals surface area contributed by atoms with E-state index in [0.717, 1.165) is 22.3 Å². The summed E-state index contributed by atoms with van der Waals surface area (Å²) in [5, 5.41) is 13.4. The molecular weight excluding hydrogens is 558 g/mol. The number of non-ortho nitro benzene ring substituents is 1. The van der Waals surface area contributed by atoms with Gasteiger partial charge in [0.05, 0.1) is 18.5 Å². The van der Waals surface area contributed by atoms with Crippen molar-refractivity contribution < 1.29 is 28.8 Å². The van der Waals surface area contributed by atoms with Gasteiger partial charge in [-0.1, -0.05) is 54.6 Å². The molecule has 1 saturated heterocycles. The number of β-lactam (4-membered cyclic amide) rings is 1. The van der Waals surface area contributed by atoms with Crippen LogP contribution in [0, 0.1) is 10.1 Å². The normalized spacial score (nSPS) is 17.6. The van der Waals surface area contributed by atoms with Gasteiger partial charge < -0.3 is 14.8 Å². The number of carbonyl (C=O) groups is 3. The molecule has 1 fully saturated rings. The van der Waals surface area contributed by atoms with Crippen LogP contribution in [0.15, 0.2) is 90.1 Å². The number of carbonyl (C=O) groups excluding carboxylic acids is 3.